The van der Waals surface area contributed by atoms with Gasteiger partial charge >= 0.3 is 6.09 Å². The van der Waals surface area contributed by atoms with Crippen molar-refractivity contribution in [2.24, 2.45) is 5.92 Å². The first-order chi connectivity index (χ1) is 9.43. The topological polar surface area (TPSA) is 55.4 Å². The van der Waals surface area contributed by atoms with Gasteiger partial charge in [-0.2, -0.15) is 0 Å². The molecular formula is C15H20FNO3. The van der Waals surface area contributed by atoms with E-state index in [2.05, 4.69) is 10.1 Å². The molecule has 0 radical (unpaired) electrons. The van der Waals surface area contributed by atoms with Crippen molar-refractivity contribution < 1.29 is 18.7 Å². The van der Waals surface area contributed by atoms with E-state index in [0.29, 0.717) is 5.56 Å². The maximum Gasteiger partial charge on any atom is 0.407 e. The molecule has 0 aliphatic heterocycles. The minimum atomic E-state index is -0.622. The lowest BCUT2D eigenvalue weighted by Crippen LogP contribution is -2.38. The van der Waals surface area contributed by atoms with Gasteiger partial charge in [0.15, 0.2) is 0 Å². The summed E-state index contributed by atoms with van der Waals surface area (Å²) in [6.45, 7) is 3.58. The first kappa shape index (κ1) is 16.1. The Morgan fingerprint density at radius 1 is 1.30 bits per heavy atom. The fraction of sp³-hybridized carbons (Fsp3) is 0.467. The number of benzene rings is 1. The highest BCUT2D eigenvalue weighted by atomic mass is 19.1. The molecule has 1 N–H and O–H groups in total. The molecule has 0 fully saturated rings. The summed E-state index contributed by atoms with van der Waals surface area (Å²) in [6.07, 6.45) is -0.218. The number of hydrogen-bond donors (Lipinski definition) is 1. The van der Waals surface area contributed by atoms with Gasteiger partial charge in [0, 0.05) is 18.4 Å². The van der Waals surface area contributed by atoms with Crippen LogP contribution in [0.5, 0.6) is 0 Å². The van der Waals surface area contributed by atoms with Crippen LogP contribution in [0.15, 0.2) is 24.3 Å². The highest BCUT2D eigenvalue weighted by molar-refractivity contribution is 5.81. The number of amides is 1. The number of Topliss-reactive ketones (excluding diaryl/α,β-unsaturated/α-hetero) is 1. The van der Waals surface area contributed by atoms with E-state index in [1.165, 1.54) is 13.2 Å². The molecule has 0 aliphatic carbocycles. The summed E-state index contributed by atoms with van der Waals surface area (Å²) in [5, 5.41) is 2.58. The molecule has 1 rings (SSSR count). The lowest BCUT2D eigenvalue weighted by atomic mass is 9.96. The standard InChI is InChI=1S/C15H20FNO3/c1-10(2)14(18)9-12(17-15(19)20-3)8-11-6-4-5-7-13(11)16/h4-7,10,12H,8-9H2,1-3H3,(H,17,19)/t12-/m1/s1. The Labute approximate surface area is 118 Å². The van der Waals surface area contributed by atoms with Crippen LogP contribution < -0.4 is 5.32 Å². The van der Waals surface area contributed by atoms with Crippen LogP contribution in [-0.2, 0) is 16.0 Å². The first-order valence-electron chi connectivity index (χ1n) is 6.54. The minimum Gasteiger partial charge on any atom is -0.453 e. The van der Waals surface area contributed by atoms with Crippen LogP contribution in [0.1, 0.15) is 25.8 Å². The molecule has 0 saturated carbocycles. The van der Waals surface area contributed by atoms with Gasteiger partial charge in [-0.3, -0.25) is 4.79 Å². The Hall–Kier alpha value is -1.91. The molecule has 110 valence electrons. The Morgan fingerprint density at radius 3 is 2.50 bits per heavy atom. The second kappa shape index (κ2) is 7.62. The summed E-state index contributed by atoms with van der Waals surface area (Å²) < 4.78 is 18.2. The van der Waals surface area contributed by atoms with Crippen molar-refractivity contribution in [2.75, 3.05) is 7.11 Å². The summed E-state index contributed by atoms with van der Waals surface area (Å²) in [5.41, 5.74) is 0.463. The molecule has 5 heteroatoms. The second-order valence-corrected chi connectivity index (χ2v) is 4.95. The number of carbonyl (C=O) groups is 2. The number of halogens is 1. The number of alkyl carbamates (subject to hydrolysis) is 1. The number of ether oxygens (including phenoxy) is 1. The van der Waals surface area contributed by atoms with E-state index in [1.54, 1.807) is 32.0 Å². The number of carbonyl (C=O) groups excluding carboxylic acids is 2. The molecule has 0 heterocycles. The predicted octanol–water partition coefficient (Wildman–Crippen LogP) is 2.71. The van der Waals surface area contributed by atoms with Gasteiger partial charge < -0.3 is 10.1 Å². The molecule has 4 nitrogen and oxygen atoms in total. The van der Waals surface area contributed by atoms with Gasteiger partial charge in [0.1, 0.15) is 11.6 Å². The molecule has 0 aliphatic rings. The van der Waals surface area contributed by atoms with Crippen molar-refractivity contribution in [1.82, 2.24) is 5.32 Å². The number of rotatable bonds is 6. The summed E-state index contributed by atoms with van der Waals surface area (Å²) >= 11 is 0. The van der Waals surface area contributed by atoms with Crippen LogP contribution in [0.25, 0.3) is 0 Å². The number of methoxy groups -OCH3 is 1. The van der Waals surface area contributed by atoms with Crippen LogP contribution in [0, 0.1) is 11.7 Å². The molecule has 0 unspecified atom stereocenters. The highest BCUT2D eigenvalue weighted by Crippen LogP contribution is 2.13. The molecule has 0 bridgehead atoms. The molecule has 1 aromatic carbocycles. The van der Waals surface area contributed by atoms with Gasteiger partial charge in [-0.05, 0) is 18.1 Å². The maximum absolute atomic E-state index is 13.6. The SMILES string of the molecule is COC(=O)N[C@@H](CC(=O)C(C)C)Cc1ccccc1F. The fourth-order valence-corrected chi connectivity index (χ4v) is 1.81. The third-order valence-electron chi connectivity index (χ3n) is 3.02. The van der Waals surface area contributed by atoms with Gasteiger partial charge in [-0.1, -0.05) is 32.0 Å². The zero-order valence-corrected chi connectivity index (χ0v) is 12.0. The van der Waals surface area contributed by atoms with Crippen molar-refractivity contribution in [2.45, 2.75) is 32.7 Å². The summed E-state index contributed by atoms with van der Waals surface area (Å²) in [4.78, 5) is 23.1. The average Bonchev–Trinajstić information content (AvgIpc) is 2.40. The van der Waals surface area contributed by atoms with Crippen molar-refractivity contribution in [3.63, 3.8) is 0 Å². The van der Waals surface area contributed by atoms with E-state index in [4.69, 9.17) is 0 Å². The lowest BCUT2D eigenvalue weighted by molar-refractivity contribution is -0.122. The van der Waals surface area contributed by atoms with Crippen LogP contribution in [0.4, 0.5) is 9.18 Å². The molecule has 0 spiro atoms. The lowest BCUT2D eigenvalue weighted by Gasteiger charge is -2.18. The minimum absolute atomic E-state index is 0.0164. The van der Waals surface area contributed by atoms with Crippen LogP contribution in [0.3, 0.4) is 0 Å². The molecule has 1 aromatic rings. The second-order valence-electron chi connectivity index (χ2n) is 4.95. The molecule has 1 atom stereocenters. The van der Waals surface area contributed by atoms with Crippen LogP contribution in [-0.4, -0.2) is 25.0 Å². The maximum atomic E-state index is 13.6. The van der Waals surface area contributed by atoms with E-state index < -0.39 is 12.1 Å². The number of hydrogen-bond acceptors (Lipinski definition) is 3. The van der Waals surface area contributed by atoms with Crippen molar-refractivity contribution >= 4 is 11.9 Å². The van der Waals surface area contributed by atoms with Gasteiger partial charge in [0.25, 0.3) is 0 Å². The molecule has 20 heavy (non-hydrogen) atoms. The quantitative estimate of drug-likeness (QED) is 0.872. The van der Waals surface area contributed by atoms with Gasteiger partial charge in [0.05, 0.1) is 7.11 Å². The molecule has 0 aromatic heterocycles. The summed E-state index contributed by atoms with van der Waals surface area (Å²) in [7, 11) is 1.25. The smallest absolute Gasteiger partial charge is 0.407 e. The van der Waals surface area contributed by atoms with E-state index in [1.807, 2.05) is 0 Å². The predicted molar refractivity (Wildman–Crippen MR) is 73.9 cm³/mol. The Bertz CT molecular complexity index is 474. The number of ketones is 1. The molecular weight excluding hydrogens is 261 g/mol. The average molecular weight is 281 g/mol. The normalized spacial score (nSPS) is 12.1. The Kier molecular flexibility index (Phi) is 6.15. The van der Waals surface area contributed by atoms with Crippen LogP contribution >= 0.6 is 0 Å². The largest absolute Gasteiger partial charge is 0.453 e. The first-order valence-corrected chi connectivity index (χ1v) is 6.54. The number of nitrogens with one attached hydrogen (secondary N) is 1. The molecule has 1 amide bonds. The van der Waals surface area contributed by atoms with Crippen molar-refractivity contribution in [3.05, 3.63) is 35.6 Å². The zero-order valence-electron chi connectivity index (χ0n) is 12.0. The Morgan fingerprint density at radius 2 is 1.95 bits per heavy atom. The van der Waals surface area contributed by atoms with Gasteiger partial charge in [-0.25, -0.2) is 9.18 Å². The summed E-state index contributed by atoms with van der Waals surface area (Å²) in [6, 6.07) is 5.84. The zero-order chi connectivity index (χ0) is 15.1. The van der Waals surface area contributed by atoms with E-state index in [9.17, 15) is 14.0 Å². The van der Waals surface area contributed by atoms with Crippen LogP contribution in [0.2, 0.25) is 0 Å². The highest BCUT2D eigenvalue weighted by Gasteiger charge is 2.20. The monoisotopic (exact) mass is 281 g/mol. The summed E-state index contributed by atoms with van der Waals surface area (Å²) in [5.74, 6) is -0.457. The van der Waals surface area contributed by atoms with Crippen molar-refractivity contribution in [3.8, 4) is 0 Å². The van der Waals surface area contributed by atoms with E-state index >= 15 is 0 Å². The van der Waals surface area contributed by atoms with E-state index in [0.717, 1.165) is 0 Å². The van der Waals surface area contributed by atoms with E-state index in [-0.39, 0.29) is 30.4 Å². The fourth-order valence-electron chi connectivity index (χ4n) is 1.81. The Balaban J connectivity index is 2.79. The van der Waals surface area contributed by atoms with Gasteiger partial charge in [0.2, 0.25) is 0 Å². The molecule has 0 saturated heterocycles. The third kappa shape index (κ3) is 4.99. The van der Waals surface area contributed by atoms with Crippen molar-refractivity contribution in [1.29, 1.82) is 0 Å². The third-order valence-corrected chi connectivity index (χ3v) is 3.02. The van der Waals surface area contributed by atoms with Gasteiger partial charge in [-0.15, -0.1) is 0 Å².